The largest absolute Gasteiger partial charge is 0.365 e. The molecule has 104 valence electrons. The maximum Gasteiger partial charge on any atom is 0.258 e. The molecule has 3 N–H and O–H groups in total. The van der Waals surface area contributed by atoms with Gasteiger partial charge in [0.15, 0.2) is 0 Å². The van der Waals surface area contributed by atoms with Gasteiger partial charge in [-0.3, -0.25) is 4.79 Å². The summed E-state index contributed by atoms with van der Waals surface area (Å²) in [6.45, 7) is 3.24. The van der Waals surface area contributed by atoms with Crippen LogP contribution in [0.2, 0.25) is 0 Å². The minimum Gasteiger partial charge on any atom is -0.365 e. The molecule has 2 aliphatic rings. The van der Waals surface area contributed by atoms with Gasteiger partial charge in [-0.1, -0.05) is 0 Å². The van der Waals surface area contributed by atoms with E-state index in [-0.39, 0.29) is 5.91 Å². The molecule has 2 saturated heterocycles. The minimum atomic E-state index is -0.379. The van der Waals surface area contributed by atoms with Crippen molar-refractivity contribution in [2.45, 2.75) is 12.5 Å². The first-order valence-electron chi connectivity index (χ1n) is 6.90. The van der Waals surface area contributed by atoms with E-state index >= 15 is 0 Å². The molecule has 2 fully saturated rings. The molecule has 0 saturated carbocycles. The molecule has 4 rings (SSSR count). The van der Waals surface area contributed by atoms with Crippen molar-refractivity contribution < 1.29 is 4.79 Å². The molecule has 0 aromatic carbocycles. The molecule has 4 heterocycles. The number of anilines is 1. The number of pyridine rings is 1. The summed E-state index contributed by atoms with van der Waals surface area (Å²) in [5.41, 5.74) is 5.33. The number of amides is 1. The van der Waals surface area contributed by atoms with Crippen molar-refractivity contribution in [1.29, 1.82) is 0 Å². The molecule has 0 spiro atoms. The van der Waals surface area contributed by atoms with E-state index in [9.17, 15) is 4.79 Å². The summed E-state index contributed by atoms with van der Waals surface area (Å²) in [5.74, 6) is 1.39. The first-order chi connectivity index (χ1) is 9.72. The summed E-state index contributed by atoms with van der Waals surface area (Å²) >= 11 is 1.38. The second-order valence-electron chi connectivity index (χ2n) is 5.51. The van der Waals surface area contributed by atoms with Crippen LogP contribution in [0.5, 0.6) is 0 Å². The number of hydrogen-bond donors (Lipinski definition) is 2. The summed E-state index contributed by atoms with van der Waals surface area (Å²) in [5, 5.41) is 4.45. The quantitative estimate of drug-likeness (QED) is 0.871. The maximum absolute atomic E-state index is 11.2. The Morgan fingerprint density at radius 2 is 2.35 bits per heavy atom. The van der Waals surface area contributed by atoms with E-state index in [1.54, 1.807) is 0 Å². The normalized spacial score (nSPS) is 25.3. The van der Waals surface area contributed by atoms with Gasteiger partial charge in [0.1, 0.15) is 10.6 Å². The SMILES string of the molecule is NC(=O)c1cc2ccc(N3CCC4CNCC43)nc2s1. The molecule has 2 aromatic heterocycles. The van der Waals surface area contributed by atoms with Crippen LogP contribution in [-0.2, 0) is 0 Å². The van der Waals surface area contributed by atoms with Gasteiger partial charge in [0.05, 0.1) is 4.88 Å². The Bertz CT molecular complexity index is 683. The predicted molar refractivity (Wildman–Crippen MR) is 80.2 cm³/mol. The average molecular weight is 288 g/mol. The molecule has 20 heavy (non-hydrogen) atoms. The Hall–Kier alpha value is -1.66. The van der Waals surface area contributed by atoms with Crippen LogP contribution in [0.1, 0.15) is 16.1 Å². The fraction of sp³-hybridized carbons (Fsp3) is 0.429. The van der Waals surface area contributed by atoms with Crippen molar-refractivity contribution in [2.24, 2.45) is 11.7 Å². The lowest BCUT2D eigenvalue weighted by atomic mass is 10.1. The van der Waals surface area contributed by atoms with E-state index in [2.05, 4.69) is 16.3 Å². The van der Waals surface area contributed by atoms with Crippen molar-refractivity contribution in [3.05, 3.63) is 23.1 Å². The standard InChI is InChI=1S/C14H16N4OS/c15-13(19)11-5-8-1-2-12(17-14(8)20-11)18-4-3-9-6-16-7-10(9)18/h1-2,5,9-10,16H,3-4,6-7H2,(H2,15,19). The lowest BCUT2D eigenvalue weighted by Crippen LogP contribution is -2.34. The average Bonchev–Trinajstić information content (AvgIpc) is 3.12. The van der Waals surface area contributed by atoms with E-state index in [1.807, 2.05) is 12.1 Å². The molecular weight excluding hydrogens is 272 g/mol. The highest BCUT2D eigenvalue weighted by Crippen LogP contribution is 2.33. The molecule has 0 aliphatic carbocycles. The van der Waals surface area contributed by atoms with Crippen molar-refractivity contribution >= 4 is 33.3 Å². The van der Waals surface area contributed by atoms with E-state index in [4.69, 9.17) is 10.7 Å². The molecule has 1 amide bonds. The van der Waals surface area contributed by atoms with Crippen molar-refractivity contribution in [3.63, 3.8) is 0 Å². The number of hydrogen-bond acceptors (Lipinski definition) is 5. The van der Waals surface area contributed by atoms with E-state index in [1.165, 1.54) is 17.8 Å². The van der Waals surface area contributed by atoms with Crippen molar-refractivity contribution in [1.82, 2.24) is 10.3 Å². The minimum absolute atomic E-state index is 0.379. The highest BCUT2D eigenvalue weighted by molar-refractivity contribution is 7.20. The van der Waals surface area contributed by atoms with Crippen LogP contribution in [0, 0.1) is 5.92 Å². The Labute approximate surface area is 120 Å². The van der Waals surface area contributed by atoms with Gasteiger partial charge in [-0.2, -0.15) is 0 Å². The summed E-state index contributed by atoms with van der Waals surface area (Å²) in [4.78, 5) is 19.8. The maximum atomic E-state index is 11.2. The molecule has 2 atom stereocenters. The number of aromatic nitrogens is 1. The van der Waals surface area contributed by atoms with Gasteiger partial charge in [-0.25, -0.2) is 4.98 Å². The second-order valence-corrected chi connectivity index (χ2v) is 6.54. The van der Waals surface area contributed by atoms with Gasteiger partial charge < -0.3 is 16.0 Å². The smallest absolute Gasteiger partial charge is 0.258 e. The molecule has 5 nitrogen and oxygen atoms in total. The Morgan fingerprint density at radius 1 is 1.45 bits per heavy atom. The first kappa shape index (κ1) is 12.1. The number of thiophene rings is 1. The number of nitrogens with two attached hydrogens (primary N) is 1. The van der Waals surface area contributed by atoms with E-state index < -0.39 is 0 Å². The number of carbonyl (C=O) groups is 1. The number of nitrogens with zero attached hydrogens (tertiary/aromatic N) is 2. The number of carbonyl (C=O) groups excluding carboxylic acids is 1. The molecular formula is C14H16N4OS. The molecule has 6 heteroatoms. The zero-order valence-corrected chi connectivity index (χ0v) is 11.8. The lowest BCUT2D eigenvalue weighted by Gasteiger charge is -2.24. The van der Waals surface area contributed by atoms with E-state index in [0.717, 1.165) is 41.6 Å². The van der Waals surface area contributed by atoms with Gasteiger partial charge in [-0.05, 0) is 30.5 Å². The number of rotatable bonds is 2. The van der Waals surface area contributed by atoms with Gasteiger partial charge >= 0.3 is 0 Å². The van der Waals surface area contributed by atoms with Crippen molar-refractivity contribution in [2.75, 3.05) is 24.5 Å². The zero-order valence-electron chi connectivity index (χ0n) is 11.0. The Balaban J connectivity index is 1.71. The highest BCUT2D eigenvalue weighted by Gasteiger charge is 2.38. The monoisotopic (exact) mass is 288 g/mol. The molecule has 2 unspecified atom stereocenters. The summed E-state index contributed by atoms with van der Waals surface area (Å²) in [7, 11) is 0. The summed E-state index contributed by atoms with van der Waals surface area (Å²) in [6.07, 6.45) is 1.23. The Kier molecular flexibility index (Phi) is 2.68. The highest BCUT2D eigenvalue weighted by atomic mass is 32.1. The summed E-state index contributed by atoms with van der Waals surface area (Å²) in [6, 6.07) is 6.48. The van der Waals surface area contributed by atoms with Crippen LogP contribution in [0.4, 0.5) is 5.82 Å². The topological polar surface area (TPSA) is 71.2 Å². The third-order valence-corrected chi connectivity index (χ3v) is 5.41. The van der Waals surface area contributed by atoms with Crippen LogP contribution in [0.3, 0.4) is 0 Å². The van der Waals surface area contributed by atoms with Gasteiger partial charge in [0, 0.05) is 31.1 Å². The molecule has 2 aliphatic heterocycles. The van der Waals surface area contributed by atoms with Crippen LogP contribution in [0.25, 0.3) is 10.2 Å². The predicted octanol–water partition coefficient (Wildman–Crippen LogP) is 1.19. The number of fused-ring (bicyclic) bond motifs is 2. The number of nitrogens with one attached hydrogen (secondary N) is 1. The third kappa shape index (κ3) is 1.79. The van der Waals surface area contributed by atoms with Crippen LogP contribution in [0.15, 0.2) is 18.2 Å². The van der Waals surface area contributed by atoms with Crippen molar-refractivity contribution in [3.8, 4) is 0 Å². The Morgan fingerprint density at radius 3 is 3.20 bits per heavy atom. The number of primary amides is 1. The lowest BCUT2D eigenvalue weighted by molar-refractivity contribution is 0.100. The molecule has 2 aromatic rings. The van der Waals surface area contributed by atoms with Gasteiger partial charge in [-0.15, -0.1) is 11.3 Å². The third-order valence-electron chi connectivity index (χ3n) is 4.35. The van der Waals surface area contributed by atoms with Crippen LogP contribution in [-0.4, -0.2) is 36.6 Å². The van der Waals surface area contributed by atoms with Crippen LogP contribution >= 0.6 is 11.3 Å². The fourth-order valence-corrected chi connectivity index (χ4v) is 4.20. The fourth-order valence-electron chi connectivity index (χ4n) is 3.32. The zero-order chi connectivity index (χ0) is 13.7. The van der Waals surface area contributed by atoms with Gasteiger partial charge in [0.2, 0.25) is 0 Å². The molecule has 0 radical (unpaired) electrons. The van der Waals surface area contributed by atoms with Gasteiger partial charge in [0.25, 0.3) is 5.91 Å². The second kappa shape index (κ2) is 4.43. The molecule has 0 bridgehead atoms. The van der Waals surface area contributed by atoms with Crippen LogP contribution < -0.4 is 16.0 Å². The van der Waals surface area contributed by atoms with E-state index in [0.29, 0.717) is 10.9 Å². The first-order valence-corrected chi connectivity index (χ1v) is 7.72. The summed E-state index contributed by atoms with van der Waals surface area (Å²) < 4.78 is 0.